The molecule has 2 aliphatic carbocycles. The lowest BCUT2D eigenvalue weighted by molar-refractivity contribution is -0.195. The van der Waals surface area contributed by atoms with Crippen molar-refractivity contribution in [3.05, 3.63) is 48.6 Å². The van der Waals surface area contributed by atoms with Gasteiger partial charge >= 0.3 is 0 Å². The Morgan fingerprint density at radius 3 is 2.40 bits per heavy atom. The summed E-state index contributed by atoms with van der Waals surface area (Å²) in [5.74, 6) is -1.41. The fraction of sp³-hybridized carbons (Fsp3) is 0.350. The Kier molecular flexibility index (Phi) is 3.03. The van der Waals surface area contributed by atoms with Gasteiger partial charge in [-0.2, -0.15) is 0 Å². The van der Waals surface area contributed by atoms with Gasteiger partial charge < -0.3 is 19.7 Å². The minimum Gasteiger partial charge on any atom is -0.448 e. The van der Waals surface area contributed by atoms with Crippen LogP contribution in [0.1, 0.15) is 12.8 Å². The third-order valence-corrected chi connectivity index (χ3v) is 5.59. The summed E-state index contributed by atoms with van der Waals surface area (Å²) in [4.78, 5) is 12.4. The van der Waals surface area contributed by atoms with Crippen molar-refractivity contribution < 1.29 is 24.5 Å². The van der Waals surface area contributed by atoms with Crippen LogP contribution in [-0.2, 0) is 4.79 Å². The molecule has 3 aliphatic rings. The Morgan fingerprint density at radius 2 is 1.72 bits per heavy atom. The molecule has 0 radical (unpaired) electrons. The Hall–Kier alpha value is -2.37. The summed E-state index contributed by atoms with van der Waals surface area (Å²) in [5.41, 5.74) is 0. The van der Waals surface area contributed by atoms with Crippen LogP contribution in [0.15, 0.2) is 48.6 Å². The highest BCUT2D eigenvalue weighted by Gasteiger charge is 2.58. The number of rotatable bonds is 0. The van der Waals surface area contributed by atoms with Crippen LogP contribution in [-0.4, -0.2) is 34.0 Å². The largest absolute Gasteiger partial charge is 0.448 e. The average Bonchev–Trinajstić information content (AvgIpc) is 2.61. The van der Waals surface area contributed by atoms with Crippen molar-refractivity contribution in [2.24, 2.45) is 11.8 Å². The molecule has 4 atom stereocenters. The van der Waals surface area contributed by atoms with Gasteiger partial charge in [0, 0.05) is 6.42 Å². The summed E-state index contributed by atoms with van der Waals surface area (Å²) >= 11 is 0. The fourth-order valence-corrected chi connectivity index (χ4v) is 4.47. The van der Waals surface area contributed by atoms with Gasteiger partial charge in [-0.1, -0.05) is 30.3 Å². The van der Waals surface area contributed by atoms with E-state index in [0.29, 0.717) is 17.9 Å². The highest BCUT2D eigenvalue weighted by Crippen LogP contribution is 2.50. The molecule has 0 amide bonds. The van der Waals surface area contributed by atoms with Crippen LogP contribution < -0.4 is 9.47 Å². The zero-order chi connectivity index (χ0) is 17.2. The molecule has 5 rings (SSSR count). The van der Waals surface area contributed by atoms with Crippen molar-refractivity contribution in [2.45, 2.75) is 30.8 Å². The van der Waals surface area contributed by atoms with E-state index in [4.69, 9.17) is 9.47 Å². The second-order valence-electron chi connectivity index (χ2n) is 7.01. The number of hydrogen-bond acceptors (Lipinski definition) is 5. The Balaban J connectivity index is 1.69. The van der Waals surface area contributed by atoms with E-state index in [0.717, 1.165) is 10.8 Å². The molecule has 5 heteroatoms. The molecule has 2 N–H and O–H groups in total. The third kappa shape index (κ3) is 2.00. The number of hydrogen-bond donors (Lipinski definition) is 2. The summed E-state index contributed by atoms with van der Waals surface area (Å²) in [7, 11) is 0. The molecule has 0 bridgehead atoms. The van der Waals surface area contributed by atoms with Crippen molar-refractivity contribution in [1.29, 1.82) is 0 Å². The van der Waals surface area contributed by atoms with E-state index < -0.39 is 29.8 Å². The standard InChI is InChI=1S/C20H18O5/c21-12-7-8-14(23)19-18(12)13(22)9-10-20(19)24-15-5-1-3-11-4-2-6-16(25-20)17(11)15/h1-6,9-10,13-14,18-19,22-23H,7-8H2/t13-,14+,18-,19?/m0/s1. The molecule has 1 heterocycles. The van der Waals surface area contributed by atoms with Gasteiger partial charge in [-0.3, -0.25) is 4.79 Å². The van der Waals surface area contributed by atoms with Crippen LogP contribution in [0.5, 0.6) is 11.5 Å². The highest BCUT2D eigenvalue weighted by molar-refractivity contribution is 5.94. The van der Waals surface area contributed by atoms with Gasteiger partial charge in [-0.05, 0) is 30.0 Å². The fourth-order valence-electron chi connectivity index (χ4n) is 4.47. The van der Waals surface area contributed by atoms with Crippen molar-refractivity contribution in [3.63, 3.8) is 0 Å². The van der Waals surface area contributed by atoms with Crippen molar-refractivity contribution in [1.82, 2.24) is 0 Å². The monoisotopic (exact) mass is 338 g/mol. The Bertz CT molecular complexity index is 861. The maximum Gasteiger partial charge on any atom is 0.277 e. The van der Waals surface area contributed by atoms with E-state index in [2.05, 4.69) is 0 Å². The molecular formula is C20H18O5. The smallest absolute Gasteiger partial charge is 0.277 e. The van der Waals surface area contributed by atoms with Gasteiger partial charge in [0.15, 0.2) is 0 Å². The maximum atomic E-state index is 12.4. The molecule has 2 aromatic carbocycles. The molecule has 25 heavy (non-hydrogen) atoms. The van der Waals surface area contributed by atoms with Crippen LogP contribution in [0, 0.1) is 11.8 Å². The number of aliphatic hydroxyl groups excluding tert-OH is 2. The normalized spacial score (nSPS) is 32.2. The van der Waals surface area contributed by atoms with E-state index in [1.165, 1.54) is 0 Å². The Morgan fingerprint density at radius 1 is 1.04 bits per heavy atom. The van der Waals surface area contributed by atoms with Gasteiger partial charge in [-0.25, -0.2) is 0 Å². The molecule has 1 fully saturated rings. The van der Waals surface area contributed by atoms with Gasteiger partial charge in [0.1, 0.15) is 17.3 Å². The summed E-state index contributed by atoms with van der Waals surface area (Å²) < 4.78 is 12.5. The number of carbonyl (C=O) groups excluding carboxylic acids is 1. The van der Waals surface area contributed by atoms with Crippen LogP contribution >= 0.6 is 0 Å². The molecule has 1 aliphatic heterocycles. The zero-order valence-electron chi connectivity index (χ0n) is 13.5. The summed E-state index contributed by atoms with van der Waals surface area (Å²) in [6.45, 7) is 0. The first-order chi connectivity index (χ1) is 12.1. The number of aliphatic hydroxyl groups is 2. The Labute approximate surface area is 144 Å². The minimum atomic E-state index is -1.29. The first kappa shape index (κ1) is 14.9. The predicted octanol–water partition coefficient (Wildman–Crippen LogP) is 2.19. The summed E-state index contributed by atoms with van der Waals surface area (Å²) in [6, 6.07) is 11.5. The van der Waals surface area contributed by atoms with E-state index in [9.17, 15) is 15.0 Å². The SMILES string of the molecule is O=C1CC[C@@H](O)C2[C@@H]1[C@@H](O)C=CC21Oc2cccc3cccc(c23)O1. The van der Waals surface area contributed by atoms with Crippen LogP contribution in [0.4, 0.5) is 0 Å². The van der Waals surface area contributed by atoms with Crippen molar-refractivity contribution in [3.8, 4) is 11.5 Å². The second-order valence-corrected chi connectivity index (χ2v) is 7.01. The number of Topliss-reactive ketones (excluding diaryl/α,β-unsaturated/α-hetero) is 1. The molecular weight excluding hydrogens is 320 g/mol. The lowest BCUT2D eigenvalue weighted by Crippen LogP contribution is -2.62. The molecule has 1 unspecified atom stereocenters. The lowest BCUT2D eigenvalue weighted by atomic mass is 9.66. The quantitative estimate of drug-likeness (QED) is 0.720. The first-order valence-electron chi connectivity index (χ1n) is 8.57. The number of carbonyl (C=O) groups is 1. The van der Waals surface area contributed by atoms with E-state index in [-0.39, 0.29) is 12.2 Å². The minimum absolute atomic E-state index is 0.0595. The number of ketones is 1. The van der Waals surface area contributed by atoms with Crippen LogP contribution in [0.2, 0.25) is 0 Å². The predicted molar refractivity (Wildman–Crippen MR) is 90.3 cm³/mol. The first-order valence-corrected chi connectivity index (χ1v) is 8.57. The maximum absolute atomic E-state index is 12.4. The highest BCUT2D eigenvalue weighted by atomic mass is 16.7. The third-order valence-electron chi connectivity index (χ3n) is 5.59. The van der Waals surface area contributed by atoms with Crippen molar-refractivity contribution in [2.75, 3.05) is 0 Å². The van der Waals surface area contributed by atoms with Gasteiger partial charge in [0.2, 0.25) is 0 Å². The lowest BCUT2D eigenvalue weighted by Gasteiger charge is -2.50. The van der Waals surface area contributed by atoms with E-state index in [1.54, 1.807) is 12.2 Å². The molecule has 2 aromatic rings. The summed E-state index contributed by atoms with van der Waals surface area (Å²) in [6.07, 6.45) is 2.08. The molecule has 1 saturated carbocycles. The van der Waals surface area contributed by atoms with Gasteiger partial charge in [-0.15, -0.1) is 0 Å². The molecule has 0 aromatic heterocycles. The van der Waals surface area contributed by atoms with Gasteiger partial charge in [0.25, 0.3) is 5.79 Å². The van der Waals surface area contributed by atoms with Crippen LogP contribution in [0.3, 0.4) is 0 Å². The van der Waals surface area contributed by atoms with E-state index in [1.807, 2.05) is 36.4 Å². The van der Waals surface area contributed by atoms with Crippen LogP contribution in [0.25, 0.3) is 10.8 Å². The summed E-state index contributed by atoms with van der Waals surface area (Å²) in [5, 5.41) is 22.8. The number of benzene rings is 2. The molecule has 128 valence electrons. The number of ether oxygens (including phenoxy) is 2. The average molecular weight is 338 g/mol. The zero-order valence-corrected chi connectivity index (χ0v) is 13.5. The number of fused-ring (bicyclic) bond motifs is 2. The van der Waals surface area contributed by atoms with Crippen molar-refractivity contribution >= 4 is 16.6 Å². The second kappa shape index (κ2) is 5.07. The molecule has 5 nitrogen and oxygen atoms in total. The topological polar surface area (TPSA) is 76.0 Å². The molecule has 0 saturated heterocycles. The molecule has 1 spiro atoms. The van der Waals surface area contributed by atoms with Gasteiger partial charge in [0.05, 0.1) is 29.4 Å². The van der Waals surface area contributed by atoms with E-state index >= 15 is 0 Å².